The largest absolute Gasteiger partial charge is 0.341 e. The molecule has 0 aromatic heterocycles. The fraction of sp³-hybridized carbons (Fsp3) is 0.421. The van der Waals surface area contributed by atoms with E-state index in [4.69, 9.17) is 5.73 Å². The minimum Gasteiger partial charge on any atom is -0.341 e. The first-order chi connectivity index (χ1) is 12.4. The molecule has 8 heteroatoms. The van der Waals surface area contributed by atoms with Gasteiger partial charge in [-0.3, -0.25) is 9.10 Å². The zero-order valence-corrected chi connectivity index (χ0v) is 16.8. The fourth-order valence-corrected chi connectivity index (χ4v) is 5.68. The molecule has 0 spiro atoms. The predicted octanol–water partition coefficient (Wildman–Crippen LogP) is 2.36. The number of benzene rings is 2. The van der Waals surface area contributed by atoms with Crippen LogP contribution in [0, 0.1) is 5.92 Å². The normalized spacial score (nSPS) is 21.8. The highest BCUT2D eigenvalue weighted by Gasteiger charge is 2.38. The third-order valence-corrected chi connectivity index (χ3v) is 7.32. The number of sulfonamides is 1. The lowest BCUT2D eigenvalue weighted by Crippen LogP contribution is -2.48. The molecule has 2 aliphatic heterocycles. The second kappa shape index (κ2) is 7.30. The van der Waals surface area contributed by atoms with Crippen molar-refractivity contribution in [3.63, 3.8) is 0 Å². The molecule has 0 saturated carbocycles. The molecular formula is C19H24ClN3O3S. The van der Waals surface area contributed by atoms with Crippen molar-refractivity contribution in [2.24, 2.45) is 11.7 Å². The summed E-state index contributed by atoms with van der Waals surface area (Å²) in [5, 5.41) is 1.57. The summed E-state index contributed by atoms with van der Waals surface area (Å²) in [4.78, 5) is 14.9. The first kappa shape index (κ1) is 19.9. The maximum atomic E-state index is 13.0. The van der Waals surface area contributed by atoms with Gasteiger partial charge in [0, 0.05) is 24.5 Å². The Bertz CT molecular complexity index is 972. The molecule has 4 rings (SSSR count). The van der Waals surface area contributed by atoms with E-state index in [1.165, 1.54) is 4.31 Å². The van der Waals surface area contributed by atoms with E-state index in [9.17, 15) is 13.2 Å². The van der Waals surface area contributed by atoms with E-state index in [-0.39, 0.29) is 41.7 Å². The van der Waals surface area contributed by atoms with Gasteiger partial charge in [0.25, 0.3) is 10.0 Å². The van der Waals surface area contributed by atoms with Crippen LogP contribution < -0.4 is 10.0 Å². The van der Waals surface area contributed by atoms with Gasteiger partial charge in [0.15, 0.2) is 0 Å². The molecule has 2 aromatic rings. The van der Waals surface area contributed by atoms with Gasteiger partial charge in [-0.15, -0.1) is 12.4 Å². The summed E-state index contributed by atoms with van der Waals surface area (Å²) in [6.45, 7) is 3.05. The van der Waals surface area contributed by atoms with Crippen molar-refractivity contribution in [1.82, 2.24) is 4.90 Å². The Kier molecular flexibility index (Phi) is 5.38. The molecule has 2 atom stereocenters. The molecule has 2 unspecified atom stereocenters. The number of nitrogens with two attached hydrogens (primary N) is 1. The number of nitrogens with zero attached hydrogens (tertiary/aromatic N) is 2. The third kappa shape index (κ3) is 3.28. The van der Waals surface area contributed by atoms with Crippen LogP contribution in [-0.2, 0) is 14.8 Å². The third-order valence-electron chi connectivity index (χ3n) is 5.51. The lowest BCUT2D eigenvalue weighted by molar-refractivity contribution is -0.131. The van der Waals surface area contributed by atoms with E-state index < -0.39 is 10.0 Å². The number of piperidine rings is 1. The number of carbonyl (C=O) groups excluding carboxylic acids is 1. The van der Waals surface area contributed by atoms with Gasteiger partial charge in [-0.1, -0.05) is 24.3 Å². The van der Waals surface area contributed by atoms with Gasteiger partial charge in [0.2, 0.25) is 5.91 Å². The second-order valence-electron chi connectivity index (χ2n) is 7.24. The summed E-state index contributed by atoms with van der Waals surface area (Å²) in [5.74, 6) is 0.104. The SMILES string of the molecule is CC(N)C1CCCN(C(=O)CN2c3cccc4cccc(c34)S2(=O)=O)C1.Cl. The van der Waals surface area contributed by atoms with E-state index >= 15 is 0 Å². The summed E-state index contributed by atoms with van der Waals surface area (Å²) >= 11 is 0. The summed E-state index contributed by atoms with van der Waals surface area (Å²) in [6, 6.07) is 10.7. The van der Waals surface area contributed by atoms with Crippen molar-refractivity contribution < 1.29 is 13.2 Å². The molecular weight excluding hydrogens is 386 g/mol. The molecule has 6 nitrogen and oxygen atoms in total. The number of amides is 1. The second-order valence-corrected chi connectivity index (χ2v) is 9.07. The van der Waals surface area contributed by atoms with Crippen LogP contribution in [0.15, 0.2) is 41.3 Å². The smallest absolute Gasteiger partial charge is 0.265 e. The average Bonchev–Trinajstić information content (AvgIpc) is 2.85. The van der Waals surface area contributed by atoms with Gasteiger partial charge in [0.05, 0.1) is 10.6 Å². The Morgan fingerprint density at radius 1 is 1.26 bits per heavy atom. The Morgan fingerprint density at radius 2 is 1.96 bits per heavy atom. The van der Waals surface area contributed by atoms with E-state index in [2.05, 4.69) is 0 Å². The topological polar surface area (TPSA) is 83.7 Å². The quantitative estimate of drug-likeness (QED) is 0.843. The van der Waals surface area contributed by atoms with Crippen LogP contribution in [-0.4, -0.2) is 44.9 Å². The average molecular weight is 410 g/mol. The number of anilines is 1. The number of carbonyl (C=O) groups is 1. The Balaban J connectivity index is 0.00000210. The molecule has 2 aliphatic rings. The predicted molar refractivity (Wildman–Crippen MR) is 109 cm³/mol. The first-order valence-electron chi connectivity index (χ1n) is 8.97. The molecule has 1 saturated heterocycles. The van der Waals surface area contributed by atoms with Crippen molar-refractivity contribution in [1.29, 1.82) is 0 Å². The maximum absolute atomic E-state index is 13.0. The zero-order valence-electron chi connectivity index (χ0n) is 15.2. The highest BCUT2D eigenvalue weighted by molar-refractivity contribution is 7.93. The Labute approximate surface area is 165 Å². The molecule has 2 N–H and O–H groups in total. The Hall–Kier alpha value is -1.83. The minimum absolute atomic E-state index is 0. The zero-order chi connectivity index (χ0) is 18.5. The summed E-state index contributed by atoms with van der Waals surface area (Å²) < 4.78 is 27.2. The summed E-state index contributed by atoms with van der Waals surface area (Å²) in [7, 11) is -3.70. The fourth-order valence-electron chi connectivity index (χ4n) is 4.02. The number of hydrogen-bond donors (Lipinski definition) is 1. The molecule has 2 heterocycles. The number of hydrogen-bond acceptors (Lipinski definition) is 4. The van der Waals surface area contributed by atoms with Crippen molar-refractivity contribution >= 4 is 44.8 Å². The van der Waals surface area contributed by atoms with Gasteiger partial charge in [-0.2, -0.15) is 0 Å². The van der Waals surface area contributed by atoms with Crippen molar-refractivity contribution in [2.45, 2.75) is 30.7 Å². The van der Waals surface area contributed by atoms with Crippen LogP contribution in [0.25, 0.3) is 10.8 Å². The molecule has 27 heavy (non-hydrogen) atoms. The van der Waals surface area contributed by atoms with Crippen molar-refractivity contribution in [3.05, 3.63) is 36.4 Å². The molecule has 0 aliphatic carbocycles. The van der Waals surface area contributed by atoms with Crippen LogP contribution in [0.1, 0.15) is 19.8 Å². The Morgan fingerprint density at radius 3 is 2.67 bits per heavy atom. The van der Waals surface area contributed by atoms with Crippen LogP contribution in [0.2, 0.25) is 0 Å². The molecule has 0 bridgehead atoms. The maximum Gasteiger partial charge on any atom is 0.265 e. The van der Waals surface area contributed by atoms with Crippen LogP contribution >= 0.6 is 12.4 Å². The highest BCUT2D eigenvalue weighted by atomic mass is 35.5. The monoisotopic (exact) mass is 409 g/mol. The lowest BCUT2D eigenvalue weighted by atomic mass is 9.92. The first-order valence-corrected chi connectivity index (χ1v) is 10.4. The number of halogens is 1. The lowest BCUT2D eigenvalue weighted by Gasteiger charge is -2.35. The van der Waals surface area contributed by atoms with Crippen LogP contribution in [0.4, 0.5) is 5.69 Å². The van der Waals surface area contributed by atoms with Crippen molar-refractivity contribution in [3.8, 4) is 0 Å². The summed E-state index contributed by atoms with van der Waals surface area (Å²) in [5.41, 5.74) is 6.59. The molecule has 1 fully saturated rings. The summed E-state index contributed by atoms with van der Waals surface area (Å²) in [6.07, 6.45) is 1.91. The van der Waals surface area contributed by atoms with E-state index in [1.807, 2.05) is 25.1 Å². The van der Waals surface area contributed by atoms with Gasteiger partial charge in [-0.25, -0.2) is 8.42 Å². The molecule has 2 aromatic carbocycles. The van der Waals surface area contributed by atoms with Gasteiger partial charge < -0.3 is 10.6 Å². The van der Waals surface area contributed by atoms with Gasteiger partial charge in [-0.05, 0) is 43.2 Å². The number of likely N-dealkylation sites (tertiary alicyclic amines) is 1. The minimum atomic E-state index is -3.70. The van der Waals surface area contributed by atoms with E-state index in [0.29, 0.717) is 24.2 Å². The van der Waals surface area contributed by atoms with E-state index in [1.54, 1.807) is 23.1 Å². The van der Waals surface area contributed by atoms with Crippen LogP contribution in [0.5, 0.6) is 0 Å². The van der Waals surface area contributed by atoms with Crippen LogP contribution in [0.3, 0.4) is 0 Å². The molecule has 1 amide bonds. The standard InChI is InChI=1S/C19H23N3O3S.ClH/c1-13(20)15-7-4-10-21(11-15)18(23)12-22-16-8-2-5-14-6-3-9-17(19(14)16)26(22,24)25;/h2-3,5-6,8-9,13,15H,4,7,10-12,20H2,1H3;1H. The molecule has 0 radical (unpaired) electrons. The number of rotatable bonds is 3. The van der Waals surface area contributed by atoms with Gasteiger partial charge in [0.1, 0.15) is 6.54 Å². The highest BCUT2D eigenvalue weighted by Crippen LogP contribution is 2.41. The van der Waals surface area contributed by atoms with Gasteiger partial charge >= 0.3 is 0 Å². The molecule has 146 valence electrons. The van der Waals surface area contributed by atoms with Crippen molar-refractivity contribution in [2.75, 3.05) is 23.9 Å². The van der Waals surface area contributed by atoms with E-state index in [0.717, 1.165) is 18.2 Å².